The summed E-state index contributed by atoms with van der Waals surface area (Å²) in [6, 6.07) is 20.9. The standard InChI is InChI=1S/C27H23ClN2O5/c1-16(25(31)29-21-10-6-7-11-22(21)34-3)35-27(33)24-23(17-12-14-18(28)15-13-17)19-8-4-5-9-20(19)26(32)30(24)2/h4-16H,1-3H3,(H,29,31). The van der Waals surface area contributed by atoms with Crippen molar-refractivity contribution in [3.8, 4) is 16.9 Å². The smallest absolute Gasteiger partial charge is 0.356 e. The third-order valence-corrected chi connectivity index (χ3v) is 5.90. The maximum atomic E-state index is 13.4. The topological polar surface area (TPSA) is 86.6 Å². The van der Waals surface area contributed by atoms with Crippen LogP contribution in [0.1, 0.15) is 17.4 Å². The lowest BCUT2D eigenvalue weighted by Gasteiger charge is -2.19. The molecule has 1 heterocycles. The van der Waals surface area contributed by atoms with Crippen molar-refractivity contribution in [3.05, 3.63) is 93.9 Å². The van der Waals surface area contributed by atoms with Gasteiger partial charge in [-0.25, -0.2) is 4.79 Å². The maximum Gasteiger partial charge on any atom is 0.356 e. The molecule has 0 saturated heterocycles. The number of carbonyl (C=O) groups is 2. The molecule has 0 bridgehead atoms. The van der Waals surface area contributed by atoms with E-state index in [2.05, 4.69) is 5.32 Å². The van der Waals surface area contributed by atoms with E-state index in [1.165, 1.54) is 25.6 Å². The minimum absolute atomic E-state index is 0.0352. The van der Waals surface area contributed by atoms with Crippen molar-refractivity contribution < 1.29 is 19.1 Å². The molecule has 1 unspecified atom stereocenters. The summed E-state index contributed by atoms with van der Waals surface area (Å²) < 4.78 is 12.0. The summed E-state index contributed by atoms with van der Waals surface area (Å²) in [7, 11) is 3.00. The molecule has 0 radical (unpaired) electrons. The molecule has 35 heavy (non-hydrogen) atoms. The monoisotopic (exact) mass is 490 g/mol. The highest BCUT2D eigenvalue weighted by molar-refractivity contribution is 6.30. The van der Waals surface area contributed by atoms with Gasteiger partial charge in [-0.3, -0.25) is 9.59 Å². The van der Waals surface area contributed by atoms with Crippen molar-refractivity contribution in [2.24, 2.45) is 7.05 Å². The Kier molecular flexibility index (Phi) is 6.89. The minimum atomic E-state index is -1.15. The van der Waals surface area contributed by atoms with Crippen LogP contribution in [0.5, 0.6) is 5.75 Å². The summed E-state index contributed by atoms with van der Waals surface area (Å²) >= 11 is 6.07. The number of pyridine rings is 1. The van der Waals surface area contributed by atoms with Gasteiger partial charge in [-0.05, 0) is 48.2 Å². The number of halogens is 1. The molecule has 0 aliphatic rings. The fraction of sp³-hybridized carbons (Fsp3) is 0.148. The average Bonchev–Trinajstić information content (AvgIpc) is 2.86. The molecule has 7 nitrogen and oxygen atoms in total. The lowest BCUT2D eigenvalue weighted by molar-refractivity contribution is -0.123. The number of methoxy groups -OCH3 is 1. The van der Waals surface area contributed by atoms with Crippen molar-refractivity contribution in [2.75, 3.05) is 12.4 Å². The number of carbonyl (C=O) groups excluding carboxylic acids is 2. The summed E-state index contributed by atoms with van der Waals surface area (Å²) in [4.78, 5) is 39.2. The molecular weight excluding hydrogens is 468 g/mol. The number of esters is 1. The Morgan fingerprint density at radius 3 is 2.26 bits per heavy atom. The zero-order valence-corrected chi connectivity index (χ0v) is 20.1. The van der Waals surface area contributed by atoms with Crippen molar-refractivity contribution >= 4 is 39.9 Å². The molecule has 3 aromatic carbocycles. The van der Waals surface area contributed by atoms with Gasteiger partial charge in [-0.15, -0.1) is 0 Å². The van der Waals surface area contributed by atoms with E-state index < -0.39 is 18.0 Å². The quantitative estimate of drug-likeness (QED) is 0.382. The zero-order valence-electron chi connectivity index (χ0n) is 19.4. The number of benzene rings is 3. The lowest BCUT2D eigenvalue weighted by Crippen LogP contribution is -2.33. The largest absolute Gasteiger partial charge is 0.495 e. The van der Waals surface area contributed by atoms with Gasteiger partial charge in [0.1, 0.15) is 11.4 Å². The lowest BCUT2D eigenvalue weighted by atomic mass is 9.96. The van der Waals surface area contributed by atoms with E-state index in [0.29, 0.717) is 38.4 Å². The number of nitrogens with zero attached hydrogens (tertiary/aromatic N) is 1. The molecule has 4 rings (SSSR count). The van der Waals surface area contributed by atoms with Crippen LogP contribution >= 0.6 is 11.6 Å². The van der Waals surface area contributed by atoms with E-state index in [1.807, 2.05) is 0 Å². The Balaban J connectivity index is 1.73. The van der Waals surface area contributed by atoms with Gasteiger partial charge in [-0.2, -0.15) is 0 Å². The fourth-order valence-electron chi connectivity index (χ4n) is 3.87. The molecule has 0 spiro atoms. The fourth-order valence-corrected chi connectivity index (χ4v) is 3.99. The predicted molar refractivity (Wildman–Crippen MR) is 136 cm³/mol. The number of rotatable bonds is 6. The molecule has 178 valence electrons. The average molecular weight is 491 g/mol. The number of nitrogens with one attached hydrogen (secondary N) is 1. The number of ether oxygens (including phenoxy) is 2. The summed E-state index contributed by atoms with van der Waals surface area (Å²) in [5.41, 5.74) is 1.33. The highest BCUT2D eigenvalue weighted by Gasteiger charge is 2.26. The number of anilines is 1. The van der Waals surface area contributed by atoms with Crippen LogP contribution in [0.15, 0.2) is 77.6 Å². The van der Waals surface area contributed by atoms with Crippen molar-refractivity contribution in [1.82, 2.24) is 4.57 Å². The van der Waals surface area contributed by atoms with E-state index >= 15 is 0 Å². The van der Waals surface area contributed by atoms with Gasteiger partial charge in [0.05, 0.1) is 12.8 Å². The summed E-state index contributed by atoms with van der Waals surface area (Å²) in [6.45, 7) is 1.46. The zero-order chi connectivity index (χ0) is 25.1. The van der Waals surface area contributed by atoms with Crippen molar-refractivity contribution in [2.45, 2.75) is 13.0 Å². The van der Waals surface area contributed by atoms with Crippen molar-refractivity contribution in [1.29, 1.82) is 0 Å². The highest BCUT2D eigenvalue weighted by atomic mass is 35.5. The van der Waals surface area contributed by atoms with Gasteiger partial charge in [0, 0.05) is 23.0 Å². The van der Waals surface area contributed by atoms with Crippen LogP contribution in [0, 0.1) is 0 Å². The van der Waals surface area contributed by atoms with Gasteiger partial charge < -0.3 is 19.4 Å². The Hall–Kier alpha value is -4.10. The first kappa shape index (κ1) is 24.0. The van der Waals surface area contributed by atoms with Crippen LogP contribution in [-0.4, -0.2) is 29.7 Å². The van der Waals surface area contributed by atoms with Crippen LogP contribution in [-0.2, 0) is 16.6 Å². The first-order valence-corrected chi connectivity index (χ1v) is 11.2. The number of amides is 1. The minimum Gasteiger partial charge on any atom is -0.495 e. The molecule has 1 atom stereocenters. The normalized spacial score (nSPS) is 11.7. The molecule has 1 aromatic heterocycles. The number of hydrogen-bond donors (Lipinski definition) is 1. The molecule has 8 heteroatoms. The second-order valence-electron chi connectivity index (χ2n) is 7.88. The molecule has 0 fully saturated rings. The van der Waals surface area contributed by atoms with E-state index in [0.717, 1.165) is 0 Å². The molecule has 1 amide bonds. The third kappa shape index (κ3) is 4.76. The summed E-state index contributed by atoms with van der Waals surface area (Å²) in [5.74, 6) is -0.869. The summed E-state index contributed by atoms with van der Waals surface area (Å²) in [6.07, 6.45) is -1.15. The van der Waals surface area contributed by atoms with E-state index in [4.69, 9.17) is 21.1 Å². The highest BCUT2D eigenvalue weighted by Crippen LogP contribution is 2.32. The van der Waals surface area contributed by atoms with Crippen LogP contribution in [0.2, 0.25) is 5.02 Å². The maximum absolute atomic E-state index is 13.4. The Labute approximate surface area is 206 Å². The Morgan fingerprint density at radius 1 is 0.943 bits per heavy atom. The molecule has 0 aliphatic carbocycles. The number of fused-ring (bicyclic) bond motifs is 1. The predicted octanol–water partition coefficient (Wildman–Crippen LogP) is 5.05. The van der Waals surface area contributed by atoms with E-state index in [9.17, 15) is 14.4 Å². The Bertz CT molecular complexity index is 1480. The molecule has 0 saturated carbocycles. The van der Waals surface area contributed by atoms with Gasteiger partial charge in [0.25, 0.3) is 11.5 Å². The SMILES string of the molecule is COc1ccccc1NC(=O)C(C)OC(=O)c1c(-c2ccc(Cl)cc2)c2ccccc2c(=O)n1C. The summed E-state index contributed by atoms with van der Waals surface area (Å²) in [5, 5.41) is 4.29. The van der Waals surface area contributed by atoms with Crippen LogP contribution in [0.3, 0.4) is 0 Å². The first-order valence-electron chi connectivity index (χ1n) is 10.8. The van der Waals surface area contributed by atoms with Crippen LogP contribution in [0.25, 0.3) is 21.9 Å². The molecule has 0 aliphatic heterocycles. The van der Waals surface area contributed by atoms with Gasteiger partial charge in [-0.1, -0.05) is 54.1 Å². The first-order chi connectivity index (χ1) is 16.8. The molecular formula is C27H23ClN2O5. The van der Waals surface area contributed by atoms with Gasteiger partial charge in [0.15, 0.2) is 6.10 Å². The Morgan fingerprint density at radius 2 is 1.57 bits per heavy atom. The molecule has 4 aromatic rings. The number of hydrogen-bond acceptors (Lipinski definition) is 5. The van der Waals surface area contributed by atoms with E-state index in [-0.39, 0.29) is 11.3 Å². The molecule has 1 N–H and O–H groups in total. The second kappa shape index (κ2) is 10.0. The second-order valence-corrected chi connectivity index (χ2v) is 8.31. The van der Waals surface area contributed by atoms with E-state index in [1.54, 1.807) is 72.8 Å². The van der Waals surface area contributed by atoms with Gasteiger partial charge >= 0.3 is 5.97 Å². The van der Waals surface area contributed by atoms with Crippen LogP contribution < -0.4 is 15.6 Å². The van der Waals surface area contributed by atoms with Gasteiger partial charge in [0.2, 0.25) is 0 Å². The third-order valence-electron chi connectivity index (χ3n) is 5.65. The number of aromatic nitrogens is 1. The number of para-hydroxylation sites is 2. The van der Waals surface area contributed by atoms with Crippen molar-refractivity contribution in [3.63, 3.8) is 0 Å². The van der Waals surface area contributed by atoms with Crippen LogP contribution in [0.4, 0.5) is 5.69 Å².